The van der Waals surface area contributed by atoms with E-state index in [1.807, 2.05) is 0 Å². The molecule has 1 aliphatic carbocycles. The third kappa shape index (κ3) is 3.45. The van der Waals surface area contributed by atoms with E-state index >= 15 is 0 Å². The summed E-state index contributed by atoms with van der Waals surface area (Å²) in [6.45, 7) is 2.52. The summed E-state index contributed by atoms with van der Waals surface area (Å²) < 4.78 is 5.16. The minimum Gasteiger partial charge on any atom is -0.466 e. The van der Waals surface area contributed by atoms with Crippen LogP contribution in [0.25, 0.3) is 0 Å². The van der Waals surface area contributed by atoms with E-state index in [1.165, 1.54) is 0 Å². The fraction of sp³-hybridized carbons (Fsp3) is 0.615. The van der Waals surface area contributed by atoms with E-state index in [9.17, 15) is 14.9 Å². The molecule has 1 aromatic heterocycles. The largest absolute Gasteiger partial charge is 0.466 e. The van der Waals surface area contributed by atoms with Crippen molar-refractivity contribution in [3.8, 4) is 0 Å². The number of ether oxygens (including phenoxy) is 1. The summed E-state index contributed by atoms with van der Waals surface area (Å²) in [6, 6.07) is 0. The number of aromatic nitrogens is 2. The van der Waals surface area contributed by atoms with Gasteiger partial charge in [-0.3, -0.25) is 14.9 Å². The number of carbonyl (C=O) groups excluding carboxylic acids is 1. The quantitative estimate of drug-likeness (QED) is 0.485. The first-order valence-electron chi connectivity index (χ1n) is 6.95. The van der Waals surface area contributed by atoms with Gasteiger partial charge < -0.3 is 10.1 Å². The van der Waals surface area contributed by atoms with Crippen molar-refractivity contribution in [3.63, 3.8) is 0 Å². The van der Waals surface area contributed by atoms with Gasteiger partial charge in [0, 0.05) is 6.54 Å². The Hall–Kier alpha value is -2.25. The second-order valence-electron chi connectivity index (χ2n) is 5.08. The summed E-state index contributed by atoms with van der Waals surface area (Å²) in [6.07, 6.45) is 5.79. The Bertz CT molecular complexity index is 511. The highest BCUT2D eigenvalue weighted by molar-refractivity contribution is 5.78. The van der Waals surface area contributed by atoms with E-state index < -0.39 is 10.3 Å². The molecule has 0 unspecified atom stereocenters. The van der Waals surface area contributed by atoms with Crippen molar-refractivity contribution in [2.45, 2.75) is 32.6 Å². The molecule has 1 N–H and O–H groups in total. The zero-order valence-electron chi connectivity index (χ0n) is 11.9. The molecule has 0 amide bonds. The monoisotopic (exact) mass is 294 g/mol. The Labute approximate surface area is 122 Å². The van der Waals surface area contributed by atoms with Crippen LogP contribution in [0.5, 0.6) is 0 Å². The van der Waals surface area contributed by atoms with Gasteiger partial charge in [-0.05, 0) is 19.8 Å². The van der Waals surface area contributed by atoms with Crippen molar-refractivity contribution in [2.24, 2.45) is 5.41 Å². The number of hydrogen-bond acceptors (Lipinski definition) is 7. The number of nitro groups is 1. The number of hydrogen-bond donors (Lipinski definition) is 1. The van der Waals surface area contributed by atoms with Crippen LogP contribution in [0.15, 0.2) is 12.4 Å². The topological polar surface area (TPSA) is 107 Å². The molecule has 8 nitrogen and oxygen atoms in total. The molecular formula is C13H18N4O4. The van der Waals surface area contributed by atoms with E-state index in [1.54, 1.807) is 6.92 Å². The minimum absolute atomic E-state index is 0.165. The molecule has 8 heteroatoms. The fourth-order valence-corrected chi connectivity index (χ4v) is 2.54. The van der Waals surface area contributed by atoms with Gasteiger partial charge in [-0.25, -0.2) is 9.97 Å². The van der Waals surface area contributed by atoms with Crippen molar-refractivity contribution in [3.05, 3.63) is 22.5 Å². The second kappa shape index (κ2) is 6.47. The van der Waals surface area contributed by atoms with Crippen molar-refractivity contribution in [1.82, 2.24) is 9.97 Å². The molecule has 21 heavy (non-hydrogen) atoms. The number of esters is 1. The lowest BCUT2D eigenvalue weighted by atomic mass is 9.86. The Morgan fingerprint density at radius 3 is 2.57 bits per heavy atom. The summed E-state index contributed by atoms with van der Waals surface area (Å²) in [5.41, 5.74) is -0.706. The van der Waals surface area contributed by atoms with Crippen LogP contribution in [-0.2, 0) is 9.53 Å². The first kappa shape index (κ1) is 15.1. The molecule has 2 rings (SSSR count). The summed E-state index contributed by atoms with van der Waals surface area (Å²) in [5.74, 6) is 0.0769. The highest BCUT2D eigenvalue weighted by Crippen LogP contribution is 2.39. The lowest BCUT2D eigenvalue weighted by Crippen LogP contribution is -2.37. The first-order chi connectivity index (χ1) is 10.1. The second-order valence-corrected chi connectivity index (χ2v) is 5.08. The van der Waals surface area contributed by atoms with Gasteiger partial charge in [0.1, 0.15) is 12.4 Å². The van der Waals surface area contributed by atoms with Crippen LogP contribution in [0.4, 0.5) is 11.6 Å². The molecule has 0 radical (unpaired) electrons. The molecule has 1 aliphatic rings. The molecule has 1 saturated carbocycles. The molecule has 1 fully saturated rings. The first-order valence-corrected chi connectivity index (χ1v) is 6.95. The van der Waals surface area contributed by atoms with Crippen molar-refractivity contribution in [1.29, 1.82) is 0 Å². The third-order valence-electron chi connectivity index (χ3n) is 3.70. The predicted octanol–water partition coefficient (Wildman–Crippen LogP) is 1.92. The molecule has 0 aromatic carbocycles. The summed E-state index contributed by atoms with van der Waals surface area (Å²) in [7, 11) is 0. The molecule has 0 aliphatic heterocycles. The maximum Gasteiger partial charge on any atom is 0.313 e. The average Bonchev–Trinajstić information content (AvgIpc) is 2.96. The Morgan fingerprint density at radius 1 is 1.43 bits per heavy atom. The van der Waals surface area contributed by atoms with Crippen molar-refractivity contribution in [2.75, 3.05) is 18.5 Å². The lowest BCUT2D eigenvalue weighted by molar-refractivity contribution is -0.385. The summed E-state index contributed by atoms with van der Waals surface area (Å²) >= 11 is 0. The van der Waals surface area contributed by atoms with Crippen LogP contribution in [0.2, 0.25) is 0 Å². The number of rotatable bonds is 6. The zero-order chi connectivity index (χ0) is 15.3. The maximum absolute atomic E-state index is 12.1. The van der Waals surface area contributed by atoms with Crippen molar-refractivity contribution < 1.29 is 14.5 Å². The number of carbonyl (C=O) groups is 1. The fourth-order valence-electron chi connectivity index (χ4n) is 2.54. The summed E-state index contributed by atoms with van der Waals surface area (Å²) in [5, 5.41) is 13.5. The molecular weight excluding hydrogens is 276 g/mol. The van der Waals surface area contributed by atoms with Gasteiger partial charge in [-0.15, -0.1) is 0 Å². The normalized spacial score (nSPS) is 16.4. The van der Waals surface area contributed by atoms with Gasteiger partial charge in [0.25, 0.3) is 0 Å². The van der Waals surface area contributed by atoms with Crippen LogP contribution in [0, 0.1) is 15.5 Å². The van der Waals surface area contributed by atoms with E-state index in [0.29, 0.717) is 13.2 Å². The molecule has 0 spiro atoms. The molecule has 0 saturated heterocycles. The van der Waals surface area contributed by atoms with Gasteiger partial charge in [-0.2, -0.15) is 0 Å². The lowest BCUT2D eigenvalue weighted by Gasteiger charge is -2.26. The zero-order valence-corrected chi connectivity index (χ0v) is 11.9. The Morgan fingerprint density at radius 2 is 2.05 bits per heavy atom. The van der Waals surface area contributed by atoms with Crippen LogP contribution < -0.4 is 5.32 Å². The molecule has 0 bridgehead atoms. The predicted molar refractivity (Wildman–Crippen MR) is 74.7 cm³/mol. The molecule has 1 aromatic rings. The third-order valence-corrected chi connectivity index (χ3v) is 3.70. The maximum atomic E-state index is 12.1. The molecule has 1 heterocycles. The molecule has 114 valence electrons. The van der Waals surface area contributed by atoms with Crippen LogP contribution in [-0.4, -0.2) is 34.0 Å². The van der Waals surface area contributed by atoms with Gasteiger partial charge >= 0.3 is 11.7 Å². The average molecular weight is 294 g/mol. The minimum atomic E-state index is -0.555. The van der Waals surface area contributed by atoms with Crippen LogP contribution in [0.1, 0.15) is 32.6 Å². The van der Waals surface area contributed by atoms with E-state index in [2.05, 4.69) is 15.3 Å². The Balaban J connectivity index is 2.02. The molecule has 0 atom stereocenters. The van der Waals surface area contributed by atoms with Gasteiger partial charge in [-0.1, -0.05) is 12.8 Å². The highest BCUT2D eigenvalue weighted by atomic mass is 16.6. The van der Waals surface area contributed by atoms with Gasteiger partial charge in [0.15, 0.2) is 0 Å². The number of nitrogens with zero attached hydrogens (tertiary/aromatic N) is 3. The van der Waals surface area contributed by atoms with Crippen LogP contribution >= 0.6 is 0 Å². The SMILES string of the molecule is CCOC(=O)C1(CNc2ncc([N+](=O)[O-])cn2)CCCC1. The van der Waals surface area contributed by atoms with E-state index in [-0.39, 0.29) is 17.6 Å². The van der Waals surface area contributed by atoms with Crippen LogP contribution in [0.3, 0.4) is 0 Å². The number of anilines is 1. The van der Waals surface area contributed by atoms with Gasteiger partial charge in [0.2, 0.25) is 5.95 Å². The van der Waals surface area contributed by atoms with E-state index in [4.69, 9.17) is 4.74 Å². The van der Waals surface area contributed by atoms with Gasteiger partial charge in [0.05, 0.1) is 16.9 Å². The standard InChI is InChI=1S/C13H18N4O4/c1-2-21-11(18)13(5-3-4-6-13)9-16-12-14-7-10(8-15-12)17(19)20/h7-8H,2-6,9H2,1H3,(H,14,15,16). The Kier molecular flexibility index (Phi) is 4.66. The number of nitrogens with one attached hydrogen (secondary N) is 1. The summed E-state index contributed by atoms with van der Waals surface area (Å²) in [4.78, 5) is 29.9. The highest BCUT2D eigenvalue weighted by Gasteiger charge is 2.42. The van der Waals surface area contributed by atoms with Crippen molar-refractivity contribution >= 4 is 17.6 Å². The smallest absolute Gasteiger partial charge is 0.313 e. The van der Waals surface area contributed by atoms with E-state index in [0.717, 1.165) is 38.1 Å².